The molecule has 0 aromatic heterocycles. The molecule has 11 atom stereocenters. The van der Waals surface area contributed by atoms with Gasteiger partial charge in [-0.1, -0.05) is 69.3 Å². The summed E-state index contributed by atoms with van der Waals surface area (Å²) in [5.41, 5.74) is -7.13. The highest BCUT2D eigenvalue weighted by Crippen LogP contribution is 2.64. The number of esters is 4. The minimum absolute atomic E-state index is 0.00996. The van der Waals surface area contributed by atoms with Crippen molar-refractivity contribution in [3.63, 3.8) is 0 Å². The molecule has 59 heavy (non-hydrogen) atoms. The first-order valence-corrected chi connectivity index (χ1v) is 19.9. The summed E-state index contributed by atoms with van der Waals surface area (Å²) in [6, 6.07) is 14.9. The molecule has 3 fully saturated rings. The Morgan fingerprint density at radius 1 is 0.932 bits per heavy atom. The van der Waals surface area contributed by atoms with Crippen LogP contribution in [0.2, 0.25) is 0 Å². The van der Waals surface area contributed by atoms with E-state index in [2.05, 4.69) is 5.32 Å². The van der Waals surface area contributed by atoms with Crippen LogP contribution in [0.3, 0.4) is 0 Å². The highest BCUT2D eigenvalue weighted by atomic mass is 16.6. The topological polar surface area (TPSA) is 221 Å². The van der Waals surface area contributed by atoms with Crippen molar-refractivity contribution in [3.05, 3.63) is 82.9 Å². The van der Waals surface area contributed by atoms with Crippen molar-refractivity contribution >= 4 is 35.6 Å². The van der Waals surface area contributed by atoms with Gasteiger partial charge >= 0.3 is 23.9 Å². The Balaban J connectivity index is 1.55. The van der Waals surface area contributed by atoms with Gasteiger partial charge in [-0.2, -0.15) is 0 Å². The first-order chi connectivity index (χ1) is 27.7. The molecule has 1 aliphatic heterocycles. The Labute approximate surface area is 342 Å². The summed E-state index contributed by atoms with van der Waals surface area (Å²) in [5, 5.41) is 39.9. The number of fused-ring (bicyclic) bond motifs is 5. The number of ether oxygens (including phenoxy) is 5. The Bertz CT molecular complexity index is 2020. The zero-order valence-electron chi connectivity index (χ0n) is 34.3. The van der Waals surface area contributed by atoms with Crippen LogP contribution in [0.5, 0.6) is 0 Å². The van der Waals surface area contributed by atoms with Crippen molar-refractivity contribution in [2.75, 3.05) is 6.61 Å². The lowest BCUT2D eigenvalue weighted by Gasteiger charge is -2.67. The maximum atomic E-state index is 15.4. The van der Waals surface area contributed by atoms with Gasteiger partial charge in [-0.15, -0.1) is 0 Å². The fourth-order valence-electron chi connectivity index (χ4n) is 9.84. The number of ketones is 1. The van der Waals surface area contributed by atoms with Gasteiger partial charge in [0.1, 0.15) is 23.9 Å². The molecular weight excluding hydrogens is 766 g/mol. The van der Waals surface area contributed by atoms with Crippen molar-refractivity contribution in [2.24, 2.45) is 16.7 Å². The monoisotopic (exact) mass is 819 g/mol. The van der Waals surface area contributed by atoms with E-state index >= 15 is 4.79 Å². The molecule has 4 N–H and O–H groups in total. The minimum atomic E-state index is -2.37. The van der Waals surface area contributed by atoms with Gasteiger partial charge in [0.05, 0.1) is 35.6 Å². The van der Waals surface area contributed by atoms with Crippen molar-refractivity contribution < 1.29 is 67.8 Å². The predicted molar refractivity (Wildman–Crippen MR) is 207 cm³/mol. The molecule has 15 nitrogen and oxygen atoms in total. The van der Waals surface area contributed by atoms with E-state index < -0.39 is 113 Å². The van der Waals surface area contributed by atoms with Crippen LogP contribution in [0.4, 0.5) is 0 Å². The Kier molecular flexibility index (Phi) is 12.0. The lowest BCUT2D eigenvalue weighted by Crippen LogP contribution is -2.82. The fourth-order valence-corrected chi connectivity index (χ4v) is 9.84. The number of Topliss-reactive ketones (excluding diaryl/α,β-unsaturated/α-hetero) is 1. The van der Waals surface area contributed by atoms with Crippen molar-refractivity contribution in [3.8, 4) is 0 Å². The summed E-state index contributed by atoms with van der Waals surface area (Å²) in [7, 11) is 0. The van der Waals surface area contributed by atoms with E-state index in [1.807, 2.05) is 0 Å². The molecule has 1 amide bonds. The number of carbonyl (C=O) groups excluding carboxylic acids is 6. The van der Waals surface area contributed by atoms with Crippen molar-refractivity contribution in [1.82, 2.24) is 5.32 Å². The number of amides is 1. The van der Waals surface area contributed by atoms with Crippen LogP contribution in [0.25, 0.3) is 0 Å². The number of aliphatic hydroxyl groups excluding tert-OH is 2. The van der Waals surface area contributed by atoms with Gasteiger partial charge in [-0.25, -0.2) is 9.59 Å². The third-order valence-corrected chi connectivity index (χ3v) is 13.0. The van der Waals surface area contributed by atoms with Gasteiger partial charge < -0.3 is 44.3 Å². The average Bonchev–Trinajstić information content (AvgIpc) is 3.18. The fraction of sp³-hybridized carbons (Fsp3) is 0.545. The van der Waals surface area contributed by atoms with Gasteiger partial charge in [0.2, 0.25) is 5.91 Å². The minimum Gasteiger partial charge on any atom is -0.456 e. The molecule has 0 unspecified atom stereocenters. The van der Waals surface area contributed by atoms with E-state index in [4.69, 9.17) is 23.7 Å². The summed E-state index contributed by atoms with van der Waals surface area (Å²) < 4.78 is 30.2. The van der Waals surface area contributed by atoms with Gasteiger partial charge in [0, 0.05) is 38.5 Å². The van der Waals surface area contributed by atoms with Crippen LogP contribution in [0.15, 0.2) is 71.8 Å². The highest BCUT2D eigenvalue weighted by Gasteiger charge is 2.78. The summed E-state index contributed by atoms with van der Waals surface area (Å²) in [6.45, 7) is 9.81. The second kappa shape index (κ2) is 16.2. The van der Waals surface area contributed by atoms with E-state index in [1.54, 1.807) is 69.3 Å². The van der Waals surface area contributed by atoms with E-state index in [9.17, 15) is 39.3 Å². The lowest BCUT2D eigenvalue weighted by atomic mass is 9.44. The van der Waals surface area contributed by atoms with Gasteiger partial charge in [0.15, 0.2) is 23.6 Å². The first kappa shape index (κ1) is 43.6. The number of rotatable bonds is 11. The number of aliphatic hydroxyl groups is 3. The third-order valence-electron chi connectivity index (χ3n) is 13.0. The van der Waals surface area contributed by atoms with Crippen LogP contribution < -0.4 is 5.32 Å². The summed E-state index contributed by atoms with van der Waals surface area (Å²) >= 11 is 0. The third kappa shape index (κ3) is 7.36. The van der Waals surface area contributed by atoms with E-state index in [1.165, 1.54) is 26.0 Å². The SMILES string of the molecule is CCCC(=O)N[C@@H](c1ccccc1)[C@@H](O)C(=O)O[C@H]1C[C@@]2(O)[C@@H](OC(=O)c3ccccc3)[C@@H]3[C@]4(OC(C)=O)CO[C@@H]4C[C@H](O)[C@@]3(C)C(=O)[C@H](OC(C)=O)C(=C1C)C2(C)C. The molecule has 0 radical (unpaired) electrons. The Morgan fingerprint density at radius 3 is 2.12 bits per heavy atom. The second-order valence-corrected chi connectivity index (χ2v) is 16.8. The zero-order chi connectivity index (χ0) is 43.2. The molecule has 1 heterocycles. The zero-order valence-corrected chi connectivity index (χ0v) is 34.3. The molecule has 2 saturated carbocycles. The van der Waals surface area contributed by atoms with Crippen LogP contribution in [0, 0.1) is 16.7 Å². The van der Waals surface area contributed by atoms with Gasteiger partial charge in [-0.3, -0.25) is 19.2 Å². The number of nitrogens with one attached hydrogen (secondary N) is 1. The second-order valence-electron chi connectivity index (χ2n) is 16.8. The molecule has 15 heteroatoms. The van der Waals surface area contributed by atoms with Crippen LogP contribution in [0.1, 0.15) is 96.1 Å². The molecule has 6 rings (SSSR count). The molecule has 0 spiro atoms. The smallest absolute Gasteiger partial charge is 0.338 e. The molecular formula is C44H53NO14. The maximum Gasteiger partial charge on any atom is 0.338 e. The average molecular weight is 820 g/mol. The molecule has 3 aliphatic carbocycles. The maximum absolute atomic E-state index is 15.4. The Hall–Kier alpha value is -4.96. The lowest BCUT2D eigenvalue weighted by molar-refractivity contribution is -0.346. The van der Waals surface area contributed by atoms with Gasteiger partial charge in [-0.05, 0) is 49.1 Å². The molecule has 2 bridgehead atoms. The summed E-state index contributed by atoms with van der Waals surface area (Å²) in [4.78, 5) is 82.5. The van der Waals surface area contributed by atoms with Gasteiger partial charge in [0.25, 0.3) is 0 Å². The normalized spacial score (nSPS) is 32.9. The van der Waals surface area contributed by atoms with Crippen LogP contribution in [-0.4, -0.2) is 105 Å². The standard InChI is InChI=1S/C44H53NO14/c1-8-15-31(49)45-33(26-16-11-9-12-17-26)34(50)40(53)57-28-21-44(54)38(58-39(52)27-18-13-10-14-19-27)36-42(7,29(48)20-30-43(36,22-55-30)59-25(4)47)37(51)35(56-24(3)46)32(23(28)2)41(44,5)6/h9-14,16-19,28-30,33-36,38,48,50,54H,8,15,20-22H2,1-7H3,(H,45,49)/t28-,29-,30+,33-,34+,35+,36-,38-,42+,43-,44+/m0/s1. The molecule has 318 valence electrons. The van der Waals surface area contributed by atoms with E-state index in [0.717, 1.165) is 13.8 Å². The molecule has 1 saturated heterocycles. The van der Waals surface area contributed by atoms with Crippen LogP contribution >= 0.6 is 0 Å². The van der Waals surface area contributed by atoms with E-state index in [-0.39, 0.29) is 36.2 Å². The summed E-state index contributed by atoms with van der Waals surface area (Å²) in [5.74, 6) is -6.60. The molecule has 4 aliphatic rings. The highest BCUT2D eigenvalue weighted by molar-refractivity contribution is 5.95. The number of benzene rings is 2. The number of carbonyl (C=O) groups is 6. The molecule has 2 aromatic rings. The summed E-state index contributed by atoms with van der Waals surface area (Å²) in [6.07, 6.45) is -9.72. The quantitative estimate of drug-likeness (QED) is 0.145. The largest absolute Gasteiger partial charge is 0.456 e. The van der Waals surface area contributed by atoms with Crippen molar-refractivity contribution in [1.29, 1.82) is 0 Å². The Morgan fingerprint density at radius 2 is 1.56 bits per heavy atom. The number of hydrogen-bond acceptors (Lipinski definition) is 14. The first-order valence-electron chi connectivity index (χ1n) is 19.9. The number of hydrogen-bond donors (Lipinski definition) is 4. The van der Waals surface area contributed by atoms with Crippen LogP contribution in [-0.2, 0) is 47.7 Å². The predicted octanol–water partition coefficient (Wildman–Crippen LogP) is 3.22. The molecule has 2 aromatic carbocycles. The van der Waals surface area contributed by atoms with Crippen molar-refractivity contribution in [2.45, 2.75) is 128 Å². The van der Waals surface area contributed by atoms with E-state index in [0.29, 0.717) is 12.0 Å².